The van der Waals surface area contributed by atoms with Gasteiger partial charge in [0.05, 0.1) is 22.7 Å². The van der Waals surface area contributed by atoms with Gasteiger partial charge in [0.2, 0.25) is 0 Å². The van der Waals surface area contributed by atoms with Gasteiger partial charge >= 0.3 is 59.1 Å². The van der Waals surface area contributed by atoms with Crippen LogP contribution in [0.2, 0.25) is 0 Å². The zero-order valence-corrected chi connectivity index (χ0v) is 28.3. The van der Waals surface area contributed by atoms with Crippen LogP contribution in [0.4, 0.5) is 0 Å². The molecule has 0 fully saturated rings. The third kappa shape index (κ3) is 8.12. The fourth-order valence-corrected chi connectivity index (χ4v) is 7.35. The number of nitrogens with one attached hydrogen (secondary N) is 2. The van der Waals surface area contributed by atoms with E-state index in [0.717, 1.165) is 74.6 Å². The molecule has 4 aromatic rings. The second-order valence-corrected chi connectivity index (χ2v) is 11.2. The molecule has 0 aromatic carbocycles. The quantitative estimate of drug-likeness (QED) is 0.167. The van der Waals surface area contributed by atoms with Crippen LogP contribution in [-0.4, -0.2) is 37.4 Å². The van der Waals surface area contributed by atoms with Crippen molar-refractivity contribution in [1.82, 2.24) is 19.9 Å². The van der Waals surface area contributed by atoms with Gasteiger partial charge in [0.1, 0.15) is 21.3 Å². The van der Waals surface area contributed by atoms with Crippen LogP contribution in [0.1, 0.15) is 58.2 Å². The van der Waals surface area contributed by atoms with E-state index in [1.165, 1.54) is 44.6 Å². The Morgan fingerprint density at radius 1 is 0.683 bits per heavy atom. The molecule has 11 nitrogen and oxygen atoms in total. The second-order valence-electron chi connectivity index (χ2n) is 8.99. The van der Waals surface area contributed by atoms with Crippen molar-refractivity contribution < 1.29 is 84.4 Å². The molecule has 2 aliphatic carbocycles. The standard InChI is InChI=1S/2C13H12N2O3S.2Na.H2O/c2*16-10(17)6-5-9-14-12(18)11-7-3-1-2-4-8(7)19-13(11)15-9;;;/h2*5-6H,1-4H2,(H,16,17)(H,14,15,18);;;1H2/q;;2*+1;/p-2/b2*6-5+;;;. The van der Waals surface area contributed by atoms with Crippen LogP contribution in [0.3, 0.4) is 0 Å². The minimum atomic E-state index is -1.31. The van der Waals surface area contributed by atoms with E-state index in [2.05, 4.69) is 19.9 Å². The molecule has 6 rings (SSSR count). The maximum atomic E-state index is 12.1. The molecule has 4 N–H and O–H groups in total. The Hall–Kier alpha value is -1.94. The number of fused-ring (bicyclic) bond motifs is 6. The molecule has 41 heavy (non-hydrogen) atoms. The summed E-state index contributed by atoms with van der Waals surface area (Å²) in [7, 11) is 0. The predicted molar refractivity (Wildman–Crippen MR) is 145 cm³/mol. The Morgan fingerprint density at radius 3 is 1.41 bits per heavy atom. The van der Waals surface area contributed by atoms with E-state index in [0.29, 0.717) is 20.4 Å². The van der Waals surface area contributed by atoms with E-state index in [4.69, 9.17) is 0 Å². The van der Waals surface area contributed by atoms with Crippen molar-refractivity contribution in [2.75, 3.05) is 0 Å². The first-order valence-corrected chi connectivity index (χ1v) is 13.8. The van der Waals surface area contributed by atoms with E-state index < -0.39 is 11.9 Å². The number of aryl methyl sites for hydroxylation is 4. The molecule has 0 amide bonds. The van der Waals surface area contributed by atoms with Crippen LogP contribution < -0.4 is 80.4 Å². The van der Waals surface area contributed by atoms with Crippen molar-refractivity contribution in [3.8, 4) is 0 Å². The largest absolute Gasteiger partial charge is 1.00 e. The smallest absolute Gasteiger partial charge is 0.545 e. The molecule has 4 aromatic heterocycles. The van der Waals surface area contributed by atoms with Gasteiger partial charge in [0.25, 0.3) is 11.1 Å². The number of nitrogens with zero attached hydrogens (tertiary/aromatic N) is 2. The number of aromatic amines is 2. The number of hydrogen-bond acceptors (Lipinski definition) is 10. The molecule has 0 aliphatic heterocycles. The van der Waals surface area contributed by atoms with Gasteiger partial charge in [-0.3, -0.25) is 9.59 Å². The molecule has 15 heteroatoms. The molecule has 4 heterocycles. The van der Waals surface area contributed by atoms with Crippen molar-refractivity contribution in [2.24, 2.45) is 0 Å². The van der Waals surface area contributed by atoms with Crippen molar-refractivity contribution in [3.05, 3.63) is 65.4 Å². The fraction of sp³-hybridized carbons (Fsp3) is 0.308. The summed E-state index contributed by atoms with van der Waals surface area (Å²) in [4.78, 5) is 62.6. The molecular formula is C26H24N4Na2O7S2. The number of aromatic nitrogens is 4. The first-order valence-electron chi connectivity index (χ1n) is 12.2. The number of carbonyl (C=O) groups is 2. The summed E-state index contributed by atoms with van der Waals surface area (Å²) >= 11 is 3.07. The summed E-state index contributed by atoms with van der Waals surface area (Å²) in [6, 6.07) is 0. The van der Waals surface area contributed by atoms with Gasteiger partial charge in [0, 0.05) is 9.75 Å². The van der Waals surface area contributed by atoms with Crippen molar-refractivity contribution in [2.45, 2.75) is 51.4 Å². The Kier molecular flexibility index (Phi) is 13.3. The van der Waals surface area contributed by atoms with E-state index >= 15 is 0 Å². The number of carboxylic acids is 2. The van der Waals surface area contributed by atoms with Crippen LogP contribution in [-0.2, 0) is 35.3 Å². The Balaban J connectivity index is 0.000000267. The number of carbonyl (C=O) groups excluding carboxylic acids is 2. The Labute approximate surface area is 285 Å². The van der Waals surface area contributed by atoms with Crippen LogP contribution in [0, 0.1) is 0 Å². The zero-order valence-electron chi connectivity index (χ0n) is 22.6. The summed E-state index contributed by atoms with van der Waals surface area (Å²) in [5.74, 6) is -2.12. The molecular weight excluding hydrogens is 590 g/mol. The number of carboxylic acid groups (broad SMARTS) is 2. The van der Waals surface area contributed by atoms with Gasteiger partial charge in [-0.1, -0.05) is 0 Å². The van der Waals surface area contributed by atoms with E-state index in [1.807, 2.05) is 0 Å². The first-order chi connectivity index (χ1) is 18.3. The van der Waals surface area contributed by atoms with Crippen LogP contribution in [0.15, 0.2) is 21.7 Å². The average molecular weight is 615 g/mol. The fourth-order valence-electron chi connectivity index (χ4n) is 4.81. The van der Waals surface area contributed by atoms with Gasteiger partial charge in [-0.25, -0.2) is 9.97 Å². The summed E-state index contributed by atoms with van der Waals surface area (Å²) in [6.07, 6.45) is 12.6. The first kappa shape index (κ1) is 35.3. The van der Waals surface area contributed by atoms with Gasteiger partial charge in [-0.2, -0.15) is 0 Å². The molecule has 0 atom stereocenters. The number of H-pyrrole nitrogens is 2. The summed E-state index contributed by atoms with van der Waals surface area (Å²) in [5, 5.41) is 22.1. The van der Waals surface area contributed by atoms with Crippen LogP contribution >= 0.6 is 22.7 Å². The van der Waals surface area contributed by atoms with Crippen molar-refractivity contribution in [1.29, 1.82) is 0 Å². The van der Waals surface area contributed by atoms with E-state index in [9.17, 15) is 29.4 Å². The van der Waals surface area contributed by atoms with Gasteiger partial charge in [0.15, 0.2) is 0 Å². The molecule has 0 spiro atoms. The minimum absolute atomic E-state index is 0. The molecule has 0 unspecified atom stereocenters. The van der Waals surface area contributed by atoms with Gasteiger partial charge < -0.3 is 35.2 Å². The molecule has 0 bridgehead atoms. The number of hydrogen-bond donors (Lipinski definition) is 2. The number of aliphatic carboxylic acids is 2. The minimum Gasteiger partial charge on any atom is -0.545 e. The summed E-state index contributed by atoms with van der Waals surface area (Å²) < 4.78 is 0. The molecule has 0 saturated heterocycles. The summed E-state index contributed by atoms with van der Waals surface area (Å²) in [6.45, 7) is 0. The monoisotopic (exact) mass is 614 g/mol. The summed E-state index contributed by atoms with van der Waals surface area (Å²) in [5.41, 5.74) is 1.86. The molecule has 2 aliphatic rings. The third-order valence-electron chi connectivity index (χ3n) is 6.44. The zero-order chi connectivity index (χ0) is 26.8. The number of rotatable bonds is 4. The number of thiophene rings is 2. The Bertz CT molecular complexity index is 1630. The Morgan fingerprint density at radius 2 is 1.05 bits per heavy atom. The van der Waals surface area contributed by atoms with Gasteiger partial charge in [-0.15, -0.1) is 22.7 Å². The average Bonchev–Trinajstić information content (AvgIpc) is 3.45. The molecule has 0 saturated carbocycles. The topological polar surface area (TPSA) is 203 Å². The van der Waals surface area contributed by atoms with E-state index in [1.54, 1.807) is 0 Å². The third-order valence-corrected chi connectivity index (χ3v) is 8.81. The predicted octanol–water partition coefficient (Wildman–Crippen LogP) is -5.56. The molecule has 0 radical (unpaired) electrons. The molecule has 204 valence electrons. The van der Waals surface area contributed by atoms with Crippen molar-refractivity contribution in [3.63, 3.8) is 0 Å². The SMILES string of the molecule is O.O=C([O-])/C=C/c1nc2sc3c(c2c(=O)[nH]1)CCCC3.O=C([O-])/C=C/c1nc2sc3c(c2c(=O)[nH]1)CCCC3.[Na+].[Na+]. The normalized spacial score (nSPS) is 13.9. The van der Waals surface area contributed by atoms with E-state index in [-0.39, 0.29) is 87.4 Å². The maximum absolute atomic E-state index is 12.1. The maximum Gasteiger partial charge on any atom is 1.00 e. The van der Waals surface area contributed by atoms with Crippen LogP contribution in [0.25, 0.3) is 32.6 Å². The van der Waals surface area contributed by atoms with Crippen molar-refractivity contribution >= 4 is 67.2 Å². The van der Waals surface area contributed by atoms with Crippen LogP contribution in [0.5, 0.6) is 0 Å². The van der Waals surface area contributed by atoms with Gasteiger partial charge in [-0.05, 0) is 86.8 Å². The second kappa shape index (κ2) is 15.5.